The number of rotatable bonds is 11. The maximum absolute atomic E-state index is 9.66. The molecule has 13 aromatic carbocycles. The Morgan fingerprint density at radius 2 is 0.598 bits per heavy atom. The molecule has 107 heavy (non-hydrogen) atoms. The number of fused-ring (bicyclic) bond motifs is 4. The monoisotopic (exact) mass is 1400 g/mol. The standard InChI is InChI=1S/C101H94BN5/c1-97(2,3)77-52-74(53-78(61-77)98(4,5)6)73-47-50-86-89(58-73)107(93-83(68-40-28-19-29-41-68)63-81(101(13,14)15)64-84(93)96-104-94(69-42-30-20-31-43-69)103-95(105-96)70-44-32-21-33-45-70)91-60-76(75-54-79(99(7,8)9)62-80(55-75)100(10,11)12)59-90-92(91)102(86)85-49-46-72(66-36-24-17-25-37-66)57-88(85)106(90)87-51-48-71(65-34-22-16-23-35-65)56-82(87)67-38-26-18-27-39-67/h16-64H,1-15H3/i17D,20D,21D,24D,25D,30D,31D,32D,33D,36D,37D,42D,43D,44D,45D. The molecule has 5 nitrogen and oxygen atoms in total. The van der Waals surface area contributed by atoms with E-state index in [1.54, 1.807) is 0 Å². The second-order valence-electron chi connectivity index (χ2n) is 33.5. The van der Waals surface area contributed by atoms with Crippen molar-refractivity contribution in [3.63, 3.8) is 0 Å². The maximum Gasteiger partial charge on any atom is 0.252 e. The molecule has 0 spiro atoms. The van der Waals surface area contributed by atoms with Crippen LogP contribution in [0.2, 0.25) is 0 Å². The van der Waals surface area contributed by atoms with E-state index in [2.05, 4.69) is 229 Å². The molecule has 0 atom stereocenters. The second kappa shape index (κ2) is 26.8. The molecule has 0 amide bonds. The molecule has 0 unspecified atom stereocenters. The molecule has 0 aliphatic carbocycles. The van der Waals surface area contributed by atoms with Crippen molar-refractivity contribution in [2.45, 2.75) is 131 Å². The molecule has 0 N–H and O–H groups in total. The van der Waals surface area contributed by atoms with Gasteiger partial charge >= 0.3 is 0 Å². The van der Waals surface area contributed by atoms with E-state index in [9.17, 15) is 11.0 Å². The van der Waals surface area contributed by atoms with E-state index in [4.69, 9.17) is 24.5 Å². The van der Waals surface area contributed by atoms with Gasteiger partial charge in [0, 0.05) is 50.6 Å². The Morgan fingerprint density at radius 1 is 0.252 bits per heavy atom. The van der Waals surface area contributed by atoms with E-state index in [1.165, 1.54) is 0 Å². The number of nitrogens with zero attached hydrogens (tertiary/aromatic N) is 5. The highest BCUT2D eigenvalue weighted by atomic mass is 15.2. The summed E-state index contributed by atoms with van der Waals surface area (Å²) >= 11 is 0. The van der Waals surface area contributed by atoms with Crippen molar-refractivity contribution in [2.24, 2.45) is 0 Å². The van der Waals surface area contributed by atoms with Gasteiger partial charge in [-0.05, 0) is 175 Å². The van der Waals surface area contributed by atoms with E-state index < -0.39 is 113 Å². The Labute approximate surface area is 656 Å². The SMILES string of the molecule is [2H]c1c([2H])c([2H])c(-c2ccc3c(c2)N(c2ccc(-c4ccccc4)cc2-c2ccccc2)c2cc(-c4cc(C(C)(C)C)cc(C(C)(C)C)c4)cc4c2B3c2ccc(-c3cc(C(C)(C)C)cc(C(C)(C)C)c3)cc2N4c2c(-c3ccccc3)cc(C(C)(C)C)cc2-c2nc(-c3c([2H])c([2H])c([2H])c([2H])c3[2H])nc(-c3c([2H])c([2H])c([2H])c([2H])c3[2H])n2)c([2H])c1[2H]. The highest BCUT2D eigenvalue weighted by Crippen LogP contribution is 2.55. The lowest BCUT2D eigenvalue weighted by Gasteiger charge is -2.46. The largest absolute Gasteiger partial charge is 0.311 e. The zero-order valence-corrected chi connectivity index (χ0v) is 63.4. The summed E-state index contributed by atoms with van der Waals surface area (Å²) in [5.74, 6) is -0.981. The average Bonchev–Trinajstić information content (AvgIpc) is 0.685. The number of hydrogen-bond donors (Lipinski definition) is 0. The van der Waals surface area contributed by atoms with Crippen LogP contribution in [-0.2, 0) is 27.1 Å². The minimum absolute atomic E-state index is 0.0323. The van der Waals surface area contributed by atoms with Gasteiger partial charge in [-0.15, -0.1) is 0 Å². The van der Waals surface area contributed by atoms with Crippen molar-refractivity contribution < 1.29 is 20.6 Å². The maximum atomic E-state index is 9.66. The molecule has 0 radical (unpaired) electrons. The van der Waals surface area contributed by atoms with Crippen molar-refractivity contribution >= 4 is 57.2 Å². The third kappa shape index (κ3) is 13.4. The summed E-state index contributed by atoms with van der Waals surface area (Å²) in [5, 5.41) is 0. The van der Waals surface area contributed by atoms with Crippen molar-refractivity contribution in [3.05, 3.63) is 325 Å². The van der Waals surface area contributed by atoms with E-state index in [0.29, 0.717) is 39.4 Å². The van der Waals surface area contributed by atoms with Crippen molar-refractivity contribution in [3.8, 4) is 101 Å². The Balaban J connectivity index is 1.16. The molecule has 16 rings (SSSR count). The van der Waals surface area contributed by atoms with Gasteiger partial charge in [-0.3, -0.25) is 0 Å². The van der Waals surface area contributed by atoms with Gasteiger partial charge in [0.2, 0.25) is 0 Å². The van der Waals surface area contributed by atoms with Crippen LogP contribution in [0, 0.1) is 0 Å². The van der Waals surface area contributed by atoms with Crippen LogP contribution < -0.4 is 26.2 Å². The van der Waals surface area contributed by atoms with E-state index in [1.807, 2.05) is 91.0 Å². The predicted octanol–water partition coefficient (Wildman–Crippen LogP) is 25.4. The Morgan fingerprint density at radius 3 is 1.07 bits per heavy atom. The summed E-state index contributed by atoms with van der Waals surface area (Å²) in [5.41, 5.74) is 18.1. The summed E-state index contributed by atoms with van der Waals surface area (Å²) < 4.78 is 139. The first-order valence-corrected chi connectivity index (χ1v) is 36.8. The number of anilines is 6. The first kappa shape index (κ1) is 54.2. The van der Waals surface area contributed by atoms with Crippen molar-refractivity contribution in [2.75, 3.05) is 9.80 Å². The van der Waals surface area contributed by atoms with Gasteiger partial charge in [-0.1, -0.05) is 352 Å². The molecule has 2 aliphatic rings. The molecule has 2 aliphatic heterocycles. The predicted molar refractivity (Wildman–Crippen MR) is 456 cm³/mol. The molecule has 0 fully saturated rings. The van der Waals surface area contributed by atoms with Gasteiger partial charge in [0.1, 0.15) is 0 Å². The minimum Gasteiger partial charge on any atom is -0.311 e. The smallest absolute Gasteiger partial charge is 0.252 e. The fourth-order valence-corrected chi connectivity index (χ4v) is 14.9. The molecule has 3 heterocycles. The van der Waals surface area contributed by atoms with Gasteiger partial charge in [-0.25, -0.2) is 15.0 Å². The number of benzene rings is 13. The average molecular weight is 1400 g/mol. The van der Waals surface area contributed by atoms with Crippen molar-refractivity contribution in [1.29, 1.82) is 0 Å². The summed E-state index contributed by atoms with van der Waals surface area (Å²) in [4.78, 5) is 20.2. The zero-order valence-electron chi connectivity index (χ0n) is 78.4. The zero-order chi connectivity index (χ0) is 87.5. The Hall–Kier alpha value is -11.5. The summed E-state index contributed by atoms with van der Waals surface area (Å²) in [6, 6.07) is 63.1. The number of aromatic nitrogens is 3. The van der Waals surface area contributed by atoms with Gasteiger partial charge in [0.05, 0.1) is 31.9 Å². The van der Waals surface area contributed by atoms with E-state index in [-0.39, 0.29) is 45.1 Å². The topological polar surface area (TPSA) is 45.2 Å². The molecule has 6 heteroatoms. The third-order valence-corrected chi connectivity index (χ3v) is 20.9. The van der Waals surface area contributed by atoms with Crippen LogP contribution in [0.15, 0.2) is 297 Å². The van der Waals surface area contributed by atoms with E-state index >= 15 is 0 Å². The molecular weight excluding hydrogens is 1290 g/mol. The van der Waals surface area contributed by atoms with Crippen LogP contribution in [0.3, 0.4) is 0 Å². The fourth-order valence-electron chi connectivity index (χ4n) is 14.9. The quantitative estimate of drug-likeness (QED) is 0.121. The first-order chi connectivity index (χ1) is 57.4. The lowest BCUT2D eigenvalue weighted by molar-refractivity contribution is 0.568. The third-order valence-electron chi connectivity index (χ3n) is 20.9. The number of hydrogen-bond acceptors (Lipinski definition) is 5. The van der Waals surface area contributed by atoms with Crippen LogP contribution in [0.4, 0.5) is 34.1 Å². The van der Waals surface area contributed by atoms with Crippen LogP contribution >= 0.6 is 0 Å². The lowest BCUT2D eigenvalue weighted by atomic mass is 9.33. The molecular formula is C101H94BN5. The van der Waals surface area contributed by atoms with Crippen LogP contribution in [0.5, 0.6) is 0 Å². The van der Waals surface area contributed by atoms with Gasteiger partial charge in [0.15, 0.2) is 17.5 Å². The van der Waals surface area contributed by atoms with Gasteiger partial charge in [0.25, 0.3) is 6.71 Å². The fraction of sp³-hybridized carbons (Fsp3) is 0.198. The van der Waals surface area contributed by atoms with Crippen LogP contribution in [-0.4, -0.2) is 21.7 Å². The van der Waals surface area contributed by atoms with Crippen molar-refractivity contribution in [1.82, 2.24) is 15.0 Å². The Bertz CT molecular complexity index is 6440. The van der Waals surface area contributed by atoms with Gasteiger partial charge < -0.3 is 9.80 Å². The molecule has 0 saturated carbocycles. The lowest BCUT2D eigenvalue weighted by Crippen LogP contribution is -2.61. The Kier molecular flexibility index (Phi) is 13.6. The minimum atomic E-state index is -0.684. The first-order valence-electron chi connectivity index (χ1n) is 44.3. The summed E-state index contributed by atoms with van der Waals surface area (Å²) in [6.07, 6.45) is 0. The normalized spacial score (nSPS) is 14.9. The van der Waals surface area contributed by atoms with Crippen LogP contribution in [0.25, 0.3) is 101 Å². The molecule has 1 aromatic heterocycles. The molecule has 526 valence electrons. The highest BCUT2D eigenvalue weighted by molar-refractivity contribution is 7.00. The summed E-state index contributed by atoms with van der Waals surface area (Å²) in [7, 11) is 0. The molecule has 14 aromatic rings. The highest BCUT2D eigenvalue weighted by Gasteiger charge is 2.46. The molecule has 0 bridgehead atoms. The second-order valence-corrected chi connectivity index (χ2v) is 33.5. The molecule has 0 saturated heterocycles. The van der Waals surface area contributed by atoms with Crippen LogP contribution in [0.1, 0.15) is 152 Å². The van der Waals surface area contributed by atoms with Gasteiger partial charge in [-0.2, -0.15) is 0 Å². The van der Waals surface area contributed by atoms with E-state index in [0.717, 1.165) is 106 Å². The summed E-state index contributed by atoms with van der Waals surface area (Å²) in [6.45, 7) is 32.2.